The Morgan fingerprint density at radius 2 is 1.19 bits per heavy atom. The Morgan fingerprint density at radius 3 is 1.56 bits per heavy atom. The maximum atomic E-state index is 13.0. The minimum absolute atomic E-state index is 0.00753. The molecule has 2 atom stereocenters. The van der Waals surface area contributed by atoms with Gasteiger partial charge < -0.3 is 33.9 Å². The van der Waals surface area contributed by atoms with Crippen molar-refractivity contribution in [2.24, 2.45) is 0 Å². The molecule has 194 valence electrons. The first-order chi connectivity index (χ1) is 17.6. The summed E-state index contributed by atoms with van der Waals surface area (Å²) < 4.78 is 21.9. The number of nitrogens with zero attached hydrogens (tertiary/aromatic N) is 2. The number of aliphatic hydroxyl groups is 1. The fourth-order valence-electron chi connectivity index (χ4n) is 4.23. The number of aliphatic hydroxyl groups excluding tert-OH is 1. The Balaban J connectivity index is 1.42. The summed E-state index contributed by atoms with van der Waals surface area (Å²) in [6, 6.07) is 19.0. The van der Waals surface area contributed by atoms with Crippen molar-refractivity contribution < 1.29 is 33.6 Å². The lowest BCUT2D eigenvalue weighted by molar-refractivity contribution is 0.0199. The van der Waals surface area contributed by atoms with E-state index in [1.54, 1.807) is 0 Å². The highest BCUT2D eigenvalue weighted by atomic mass is 16.6. The first-order valence-corrected chi connectivity index (χ1v) is 12.4. The average Bonchev–Trinajstić information content (AvgIpc) is 3.59. The Labute approximate surface area is 211 Å². The smallest absolute Gasteiger partial charge is 0.410 e. The average molecular weight is 499 g/mol. The van der Waals surface area contributed by atoms with Gasteiger partial charge in [-0.05, 0) is 11.1 Å². The first kappa shape index (κ1) is 25.9. The summed E-state index contributed by atoms with van der Waals surface area (Å²) in [6.45, 7) is 2.38. The minimum atomic E-state index is -1.02. The van der Waals surface area contributed by atoms with E-state index in [1.807, 2.05) is 60.7 Å². The second kappa shape index (κ2) is 13.2. The number of ether oxygens (including phenoxy) is 4. The molecule has 2 fully saturated rings. The molecular weight excluding hydrogens is 464 g/mol. The number of benzene rings is 2. The van der Waals surface area contributed by atoms with Crippen molar-refractivity contribution in [1.82, 2.24) is 9.80 Å². The molecule has 9 nitrogen and oxygen atoms in total. The van der Waals surface area contributed by atoms with Crippen LogP contribution >= 0.6 is 0 Å². The maximum Gasteiger partial charge on any atom is 0.410 e. The third-order valence-electron chi connectivity index (χ3n) is 6.12. The molecule has 2 amide bonds. The molecule has 2 aromatic rings. The molecule has 9 heteroatoms. The third-order valence-corrected chi connectivity index (χ3v) is 6.12. The topological polar surface area (TPSA) is 97.8 Å². The number of hydrogen-bond donors (Lipinski definition) is 1. The van der Waals surface area contributed by atoms with E-state index in [9.17, 15) is 14.7 Å². The number of rotatable bonds is 10. The fraction of sp³-hybridized carbons (Fsp3) is 0.481. The minimum Gasteiger partial charge on any atom is -0.444 e. The lowest BCUT2D eigenvalue weighted by Crippen LogP contribution is -2.45. The highest BCUT2D eigenvalue weighted by Crippen LogP contribution is 2.16. The van der Waals surface area contributed by atoms with Crippen LogP contribution in [0.15, 0.2) is 60.7 Å². The van der Waals surface area contributed by atoms with E-state index in [4.69, 9.17) is 18.9 Å². The Kier molecular flexibility index (Phi) is 9.54. The van der Waals surface area contributed by atoms with E-state index in [0.717, 1.165) is 11.1 Å². The molecule has 2 aliphatic heterocycles. The van der Waals surface area contributed by atoms with E-state index >= 15 is 0 Å². The van der Waals surface area contributed by atoms with Crippen LogP contribution in [-0.2, 0) is 32.0 Å². The molecule has 2 aromatic carbocycles. The molecule has 0 aromatic heterocycles. The van der Waals surface area contributed by atoms with Crippen LogP contribution in [0, 0.1) is 0 Å². The first-order valence-electron chi connectivity index (χ1n) is 12.4. The number of carbonyl (C=O) groups is 2. The van der Waals surface area contributed by atoms with Crippen LogP contribution in [0.4, 0.5) is 9.59 Å². The van der Waals surface area contributed by atoms with Crippen LogP contribution in [0.2, 0.25) is 0 Å². The van der Waals surface area contributed by atoms with E-state index < -0.39 is 18.3 Å². The SMILES string of the molecule is O=C(OC1CCOC1)N(Cc1ccccc1)CC(O)CN(Cc1ccccc1)C(=O)OC1CCOC1. The van der Waals surface area contributed by atoms with Gasteiger partial charge in [-0.25, -0.2) is 9.59 Å². The van der Waals surface area contributed by atoms with Crippen molar-refractivity contribution in [2.45, 2.75) is 44.2 Å². The van der Waals surface area contributed by atoms with Crippen molar-refractivity contribution in [3.05, 3.63) is 71.8 Å². The standard InChI is InChI=1S/C27H34N2O7/c30-23(17-28(15-21-7-3-1-4-8-21)26(31)35-24-11-13-33-19-24)18-29(16-22-9-5-2-6-10-22)27(32)36-25-12-14-34-20-25/h1-10,23-25,30H,11-20H2. The highest BCUT2D eigenvalue weighted by Gasteiger charge is 2.29. The molecule has 36 heavy (non-hydrogen) atoms. The molecule has 0 saturated carbocycles. The molecule has 0 radical (unpaired) electrons. The van der Waals surface area contributed by atoms with Gasteiger partial charge >= 0.3 is 12.2 Å². The summed E-state index contributed by atoms with van der Waals surface area (Å²) in [5.41, 5.74) is 1.82. The van der Waals surface area contributed by atoms with Crippen LogP contribution in [0.5, 0.6) is 0 Å². The zero-order chi connectivity index (χ0) is 25.2. The summed E-state index contributed by atoms with van der Waals surface area (Å²) in [5, 5.41) is 11.0. The summed E-state index contributed by atoms with van der Waals surface area (Å²) in [5.74, 6) is 0. The largest absolute Gasteiger partial charge is 0.444 e. The molecule has 1 N–H and O–H groups in total. The van der Waals surface area contributed by atoms with Crippen molar-refractivity contribution in [3.8, 4) is 0 Å². The van der Waals surface area contributed by atoms with E-state index in [1.165, 1.54) is 9.80 Å². The predicted octanol–water partition coefficient (Wildman–Crippen LogP) is 3.20. The lowest BCUT2D eigenvalue weighted by Gasteiger charge is -2.30. The van der Waals surface area contributed by atoms with Gasteiger partial charge in [-0.3, -0.25) is 0 Å². The molecule has 0 bridgehead atoms. The van der Waals surface area contributed by atoms with Crippen molar-refractivity contribution in [1.29, 1.82) is 0 Å². The Hall–Kier alpha value is -3.14. The zero-order valence-electron chi connectivity index (χ0n) is 20.4. The normalized spacial score (nSPS) is 20.0. The van der Waals surface area contributed by atoms with Gasteiger partial charge in [-0.15, -0.1) is 0 Å². The Bertz CT molecular complexity index is 870. The van der Waals surface area contributed by atoms with E-state index in [0.29, 0.717) is 39.3 Å². The Morgan fingerprint density at radius 1 is 0.778 bits per heavy atom. The van der Waals surface area contributed by atoms with Gasteiger partial charge in [0, 0.05) is 25.9 Å². The summed E-state index contributed by atoms with van der Waals surface area (Å²) in [4.78, 5) is 28.9. The van der Waals surface area contributed by atoms with Gasteiger partial charge in [-0.1, -0.05) is 60.7 Å². The second-order valence-corrected chi connectivity index (χ2v) is 9.12. The summed E-state index contributed by atoms with van der Waals surface area (Å²) in [6.07, 6.45) is -1.36. The summed E-state index contributed by atoms with van der Waals surface area (Å²) >= 11 is 0. The quantitative estimate of drug-likeness (QED) is 0.537. The maximum absolute atomic E-state index is 13.0. The van der Waals surface area contributed by atoms with Crippen molar-refractivity contribution in [3.63, 3.8) is 0 Å². The summed E-state index contributed by atoms with van der Waals surface area (Å²) in [7, 11) is 0. The molecular formula is C27H34N2O7. The molecule has 4 rings (SSSR count). The zero-order valence-corrected chi connectivity index (χ0v) is 20.4. The molecule has 2 aliphatic rings. The van der Waals surface area contributed by atoms with Crippen LogP contribution in [0.1, 0.15) is 24.0 Å². The van der Waals surface area contributed by atoms with Crippen molar-refractivity contribution >= 4 is 12.2 Å². The number of amides is 2. The van der Waals surface area contributed by atoms with Gasteiger partial charge in [0.15, 0.2) is 0 Å². The van der Waals surface area contributed by atoms with Crippen LogP contribution in [0.25, 0.3) is 0 Å². The van der Waals surface area contributed by atoms with Crippen LogP contribution < -0.4 is 0 Å². The van der Waals surface area contributed by atoms with Gasteiger partial charge in [0.25, 0.3) is 0 Å². The van der Waals surface area contributed by atoms with E-state index in [2.05, 4.69) is 0 Å². The second-order valence-electron chi connectivity index (χ2n) is 9.12. The van der Waals surface area contributed by atoms with Crippen LogP contribution in [0.3, 0.4) is 0 Å². The third kappa shape index (κ3) is 7.94. The monoisotopic (exact) mass is 498 g/mol. The molecule has 2 heterocycles. The van der Waals surface area contributed by atoms with Crippen molar-refractivity contribution in [2.75, 3.05) is 39.5 Å². The van der Waals surface area contributed by atoms with Gasteiger partial charge in [-0.2, -0.15) is 0 Å². The number of hydrogen-bond acceptors (Lipinski definition) is 7. The van der Waals surface area contributed by atoms with Gasteiger partial charge in [0.1, 0.15) is 12.2 Å². The van der Waals surface area contributed by atoms with E-state index in [-0.39, 0.29) is 38.4 Å². The molecule has 0 spiro atoms. The van der Waals surface area contributed by atoms with Gasteiger partial charge in [0.2, 0.25) is 0 Å². The molecule has 2 saturated heterocycles. The highest BCUT2D eigenvalue weighted by molar-refractivity contribution is 5.69. The van der Waals surface area contributed by atoms with Gasteiger partial charge in [0.05, 0.1) is 45.6 Å². The number of carbonyl (C=O) groups excluding carboxylic acids is 2. The van der Waals surface area contributed by atoms with Crippen LogP contribution in [-0.4, -0.2) is 84.9 Å². The lowest BCUT2D eigenvalue weighted by atomic mass is 10.2. The fourth-order valence-corrected chi connectivity index (χ4v) is 4.23. The molecule has 0 aliphatic carbocycles. The molecule has 2 unspecified atom stereocenters. The predicted molar refractivity (Wildman–Crippen MR) is 131 cm³/mol.